The minimum absolute atomic E-state index is 0.108. The normalized spacial score (nSPS) is 12.0. The van der Waals surface area contributed by atoms with Crippen molar-refractivity contribution in [2.45, 2.75) is 6.42 Å². The van der Waals surface area contributed by atoms with Crippen molar-refractivity contribution in [2.75, 3.05) is 6.54 Å². The Labute approximate surface area is 194 Å². The topological polar surface area (TPSA) is 120 Å². The SMILES string of the molecule is Cn1cc(-c2cc(CCNS(=O)O)c(C#N)cc2Oc2ccc(F)cc2F)c2cc[nH]c2c1=O. The molecular weight excluding hydrogens is 466 g/mol. The zero-order chi connectivity index (χ0) is 24.4. The van der Waals surface area contributed by atoms with Gasteiger partial charge >= 0.3 is 0 Å². The van der Waals surface area contributed by atoms with Gasteiger partial charge < -0.3 is 14.3 Å². The van der Waals surface area contributed by atoms with Gasteiger partial charge in [0, 0.05) is 48.6 Å². The Morgan fingerprint density at radius 2 is 2.00 bits per heavy atom. The molecule has 1 atom stereocenters. The Balaban J connectivity index is 1.93. The van der Waals surface area contributed by atoms with Crippen LogP contribution < -0.4 is 15.0 Å². The number of pyridine rings is 1. The Kier molecular flexibility index (Phi) is 6.56. The highest BCUT2D eigenvalue weighted by Gasteiger charge is 2.19. The van der Waals surface area contributed by atoms with Gasteiger partial charge in [-0.15, -0.1) is 0 Å². The van der Waals surface area contributed by atoms with Crippen LogP contribution in [0.15, 0.2) is 53.6 Å². The third kappa shape index (κ3) is 4.60. The van der Waals surface area contributed by atoms with Crippen molar-refractivity contribution < 1.29 is 22.3 Å². The number of nitrogens with zero attached hydrogens (tertiary/aromatic N) is 2. The number of fused-ring (bicyclic) bond motifs is 1. The summed E-state index contributed by atoms with van der Waals surface area (Å²) in [7, 11) is 1.58. The van der Waals surface area contributed by atoms with Gasteiger partial charge in [-0.25, -0.2) is 17.7 Å². The van der Waals surface area contributed by atoms with Crippen molar-refractivity contribution >= 4 is 22.2 Å². The van der Waals surface area contributed by atoms with Gasteiger partial charge in [0.1, 0.15) is 17.1 Å². The van der Waals surface area contributed by atoms with Crippen LogP contribution >= 0.6 is 0 Å². The zero-order valence-corrected chi connectivity index (χ0v) is 18.6. The van der Waals surface area contributed by atoms with Gasteiger partial charge in [-0.05, 0) is 42.3 Å². The first-order chi connectivity index (χ1) is 16.3. The van der Waals surface area contributed by atoms with Crippen molar-refractivity contribution in [3.05, 3.63) is 81.9 Å². The Bertz CT molecular complexity index is 1520. The second-order valence-electron chi connectivity index (χ2n) is 7.41. The molecule has 34 heavy (non-hydrogen) atoms. The minimum atomic E-state index is -2.22. The fourth-order valence-corrected chi connectivity index (χ4v) is 3.94. The number of benzene rings is 2. The molecule has 2 heterocycles. The Morgan fingerprint density at radius 3 is 2.71 bits per heavy atom. The molecule has 2 aromatic carbocycles. The van der Waals surface area contributed by atoms with Gasteiger partial charge in [0.05, 0.1) is 11.6 Å². The maximum absolute atomic E-state index is 14.4. The van der Waals surface area contributed by atoms with E-state index in [9.17, 15) is 23.0 Å². The highest BCUT2D eigenvalue weighted by molar-refractivity contribution is 7.77. The first kappa shape index (κ1) is 23.3. The first-order valence-electron chi connectivity index (χ1n) is 10.00. The molecule has 11 heteroatoms. The predicted octanol–water partition coefficient (Wildman–Crippen LogP) is 3.74. The zero-order valence-electron chi connectivity index (χ0n) is 17.8. The molecule has 4 rings (SSSR count). The molecule has 0 amide bonds. The highest BCUT2D eigenvalue weighted by atomic mass is 32.2. The predicted molar refractivity (Wildman–Crippen MR) is 123 cm³/mol. The van der Waals surface area contributed by atoms with E-state index in [0.29, 0.717) is 33.7 Å². The van der Waals surface area contributed by atoms with Crippen LogP contribution in [0.3, 0.4) is 0 Å². The summed E-state index contributed by atoms with van der Waals surface area (Å²) in [6.07, 6.45) is 3.44. The standard InChI is InChI=1S/C23H18F2N4O4S/c1-29-12-18(16-5-6-27-22(16)23(29)30)17-8-13(4-7-28-34(31)32)14(11-26)9-21(17)33-20-3-2-15(24)10-19(20)25/h2-3,5-6,8-10,12,27-28H,4,7H2,1H3,(H,31,32). The average Bonchev–Trinajstić information content (AvgIpc) is 3.28. The fourth-order valence-electron chi connectivity index (χ4n) is 3.66. The second-order valence-corrected chi connectivity index (χ2v) is 8.20. The summed E-state index contributed by atoms with van der Waals surface area (Å²) in [4.78, 5) is 15.4. The lowest BCUT2D eigenvalue weighted by Gasteiger charge is -2.16. The van der Waals surface area contributed by atoms with E-state index >= 15 is 0 Å². The van der Waals surface area contributed by atoms with Crippen LogP contribution in [0.5, 0.6) is 11.5 Å². The summed E-state index contributed by atoms with van der Waals surface area (Å²) in [6.45, 7) is 0.108. The molecule has 0 bridgehead atoms. The molecule has 0 fully saturated rings. The van der Waals surface area contributed by atoms with Gasteiger partial charge in [0.2, 0.25) is 11.3 Å². The summed E-state index contributed by atoms with van der Waals surface area (Å²) in [6, 6.07) is 9.72. The van der Waals surface area contributed by atoms with E-state index in [0.717, 1.165) is 12.1 Å². The highest BCUT2D eigenvalue weighted by Crippen LogP contribution is 2.39. The van der Waals surface area contributed by atoms with Crippen molar-refractivity contribution in [1.29, 1.82) is 5.26 Å². The van der Waals surface area contributed by atoms with Crippen LogP contribution in [0.4, 0.5) is 8.78 Å². The number of nitrogens with one attached hydrogen (secondary N) is 2. The molecule has 1 unspecified atom stereocenters. The van der Waals surface area contributed by atoms with E-state index in [4.69, 9.17) is 9.29 Å². The molecule has 0 aliphatic heterocycles. The molecule has 0 spiro atoms. The molecule has 0 radical (unpaired) electrons. The first-order valence-corrected chi connectivity index (χ1v) is 11.1. The van der Waals surface area contributed by atoms with E-state index in [-0.39, 0.29) is 35.6 Å². The average molecular weight is 484 g/mol. The Hall–Kier alpha value is -3.85. The molecule has 0 saturated carbocycles. The number of aromatic amines is 1. The summed E-state index contributed by atoms with van der Waals surface area (Å²) in [5, 5.41) is 10.3. The fraction of sp³-hybridized carbons (Fsp3) is 0.130. The van der Waals surface area contributed by atoms with Crippen LogP contribution in [-0.4, -0.2) is 24.9 Å². The molecule has 174 valence electrons. The van der Waals surface area contributed by atoms with Gasteiger partial charge in [-0.3, -0.25) is 9.35 Å². The number of H-pyrrole nitrogens is 1. The van der Waals surface area contributed by atoms with Gasteiger partial charge in [-0.1, -0.05) is 0 Å². The van der Waals surface area contributed by atoms with Crippen LogP contribution in [0.2, 0.25) is 0 Å². The smallest absolute Gasteiger partial charge is 0.274 e. The van der Waals surface area contributed by atoms with Gasteiger partial charge in [0.15, 0.2) is 11.6 Å². The molecule has 4 aromatic rings. The number of aromatic nitrogens is 2. The third-order valence-electron chi connectivity index (χ3n) is 5.24. The molecule has 3 N–H and O–H groups in total. The number of aryl methyl sites for hydroxylation is 1. The summed E-state index contributed by atoms with van der Waals surface area (Å²) in [5.74, 6) is -1.81. The molecule has 2 aromatic heterocycles. The summed E-state index contributed by atoms with van der Waals surface area (Å²) >= 11 is -2.22. The number of hydrogen-bond donors (Lipinski definition) is 3. The lowest BCUT2D eigenvalue weighted by atomic mass is 9.95. The van der Waals surface area contributed by atoms with Crippen LogP contribution in [0.1, 0.15) is 11.1 Å². The van der Waals surface area contributed by atoms with Crippen LogP contribution in [-0.2, 0) is 24.7 Å². The molecular formula is C23H18F2N4O4S. The summed E-state index contributed by atoms with van der Waals surface area (Å²) in [5.41, 5.74) is 1.87. The van der Waals surface area contributed by atoms with Crippen molar-refractivity contribution in [1.82, 2.24) is 14.3 Å². The van der Waals surface area contributed by atoms with E-state index in [1.54, 1.807) is 31.6 Å². The molecule has 0 aliphatic rings. The lowest BCUT2D eigenvalue weighted by molar-refractivity contribution is 0.439. The van der Waals surface area contributed by atoms with Crippen molar-refractivity contribution in [3.8, 4) is 28.7 Å². The van der Waals surface area contributed by atoms with Crippen LogP contribution in [0, 0.1) is 23.0 Å². The number of halogens is 2. The van der Waals surface area contributed by atoms with E-state index in [1.165, 1.54) is 10.6 Å². The molecule has 0 aliphatic carbocycles. The third-order valence-corrected chi connectivity index (χ3v) is 5.69. The summed E-state index contributed by atoms with van der Waals surface area (Å²) < 4.78 is 57.2. The maximum Gasteiger partial charge on any atom is 0.274 e. The van der Waals surface area contributed by atoms with E-state index in [1.807, 2.05) is 0 Å². The second kappa shape index (κ2) is 9.56. The van der Waals surface area contributed by atoms with Crippen molar-refractivity contribution in [3.63, 3.8) is 0 Å². The van der Waals surface area contributed by atoms with E-state index in [2.05, 4.69) is 15.8 Å². The number of ether oxygens (including phenoxy) is 1. The van der Waals surface area contributed by atoms with Gasteiger partial charge in [0.25, 0.3) is 5.56 Å². The Morgan fingerprint density at radius 1 is 1.21 bits per heavy atom. The van der Waals surface area contributed by atoms with Crippen LogP contribution in [0.25, 0.3) is 22.0 Å². The van der Waals surface area contributed by atoms with Gasteiger partial charge in [-0.2, -0.15) is 5.26 Å². The monoisotopic (exact) mass is 484 g/mol. The van der Waals surface area contributed by atoms with E-state index < -0.39 is 22.9 Å². The largest absolute Gasteiger partial charge is 0.454 e. The minimum Gasteiger partial charge on any atom is -0.454 e. The lowest BCUT2D eigenvalue weighted by Crippen LogP contribution is -2.19. The quantitative estimate of drug-likeness (QED) is 0.345. The molecule has 8 nitrogen and oxygen atoms in total. The number of nitriles is 1. The maximum atomic E-state index is 14.4. The molecule has 0 saturated heterocycles. The van der Waals surface area contributed by atoms with Crippen molar-refractivity contribution in [2.24, 2.45) is 7.05 Å². The number of rotatable bonds is 7. The number of hydrogen-bond acceptors (Lipinski definition) is 4.